The van der Waals surface area contributed by atoms with Gasteiger partial charge in [0.1, 0.15) is 18.4 Å². The van der Waals surface area contributed by atoms with Crippen molar-refractivity contribution < 1.29 is 27.3 Å². The Morgan fingerprint density at radius 2 is 1.82 bits per heavy atom. The fraction of sp³-hybridized carbons (Fsp3) is 0.462. The van der Waals surface area contributed by atoms with Crippen LogP contribution >= 0.6 is 0 Å². The fourth-order valence-electron chi connectivity index (χ4n) is 4.54. The van der Waals surface area contributed by atoms with Crippen LogP contribution in [0.5, 0.6) is 0 Å². The lowest BCUT2D eigenvalue weighted by Gasteiger charge is -2.33. The van der Waals surface area contributed by atoms with E-state index in [1.165, 1.54) is 37.3 Å². The zero-order valence-corrected chi connectivity index (χ0v) is 22.5. The number of hydrogen-bond acceptors (Lipinski definition) is 6. The van der Waals surface area contributed by atoms with Crippen LogP contribution in [0.2, 0.25) is 0 Å². The molecule has 0 aliphatic heterocycles. The van der Waals surface area contributed by atoms with Crippen molar-refractivity contribution in [3.8, 4) is 0 Å². The van der Waals surface area contributed by atoms with E-state index >= 15 is 0 Å². The second-order valence-electron chi connectivity index (χ2n) is 9.63. The Balaban J connectivity index is 1.94. The van der Waals surface area contributed by atoms with E-state index in [9.17, 15) is 32.5 Å². The molecule has 0 unspecified atom stereocenters. The predicted octanol–water partition coefficient (Wildman–Crippen LogP) is 3.67. The van der Waals surface area contributed by atoms with Crippen LogP contribution in [-0.4, -0.2) is 54.9 Å². The highest BCUT2D eigenvalue weighted by Gasteiger charge is 2.32. The molecule has 2 amide bonds. The summed E-state index contributed by atoms with van der Waals surface area (Å²) < 4.78 is 40.8. The summed E-state index contributed by atoms with van der Waals surface area (Å²) in [5.74, 6) is -1.74. The minimum Gasteiger partial charge on any atom is -0.352 e. The molecule has 12 heteroatoms. The van der Waals surface area contributed by atoms with E-state index in [-0.39, 0.29) is 29.5 Å². The quantitative estimate of drug-likeness (QED) is 0.356. The molecule has 0 aromatic heterocycles. The fourth-order valence-corrected chi connectivity index (χ4v) is 5.44. The Hall–Kier alpha value is -3.54. The van der Waals surface area contributed by atoms with Gasteiger partial charge >= 0.3 is 0 Å². The van der Waals surface area contributed by atoms with Gasteiger partial charge in [-0.3, -0.25) is 24.0 Å². The number of nitro benzene ring substituents is 1. The molecule has 206 valence electrons. The number of anilines is 1. The number of carbonyl (C=O) groups excluding carboxylic acids is 2. The summed E-state index contributed by atoms with van der Waals surface area (Å²) in [7, 11) is -4.07. The molecule has 0 saturated heterocycles. The smallest absolute Gasteiger partial charge is 0.271 e. The highest BCUT2D eigenvalue weighted by atomic mass is 32.2. The molecule has 3 rings (SSSR count). The number of rotatable bonds is 10. The minimum absolute atomic E-state index is 0.0239. The number of halogens is 1. The summed E-state index contributed by atoms with van der Waals surface area (Å²) in [6, 6.07) is 8.49. The maximum absolute atomic E-state index is 14.5. The number of nitrogens with zero attached hydrogens (tertiary/aromatic N) is 3. The van der Waals surface area contributed by atoms with Gasteiger partial charge in [-0.15, -0.1) is 0 Å². The number of hydrogen-bond donors (Lipinski definition) is 1. The number of non-ortho nitro benzene ring substituents is 1. The van der Waals surface area contributed by atoms with Crippen molar-refractivity contribution in [3.05, 3.63) is 69.5 Å². The number of benzene rings is 2. The van der Waals surface area contributed by atoms with Crippen LogP contribution in [0.4, 0.5) is 15.8 Å². The summed E-state index contributed by atoms with van der Waals surface area (Å²) in [4.78, 5) is 38.6. The Kier molecular flexibility index (Phi) is 9.42. The molecule has 1 aliphatic rings. The van der Waals surface area contributed by atoms with Gasteiger partial charge in [-0.05, 0) is 38.3 Å². The minimum atomic E-state index is -4.07. The number of nitro groups is 1. The maximum atomic E-state index is 14.5. The first-order chi connectivity index (χ1) is 17.9. The molecule has 38 heavy (non-hydrogen) atoms. The second-order valence-corrected chi connectivity index (χ2v) is 11.5. The van der Waals surface area contributed by atoms with Gasteiger partial charge in [0.15, 0.2) is 0 Å². The van der Waals surface area contributed by atoms with Crippen LogP contribution < -0.4 is 9.62 Å². The van der Waals surface area contributed by atoms with Crippen LogP contribution in [0.15, 0.2) is 42.5 Å². The first-order valence-corrected chi connectivity index (χ1v) is 14.3. The lowest BCUT2D eigenvalue weighted by Crippen LogP contribution is -2.53. The summed E-state index contributed by atoms with van der Waals surface area (Å²) in [5, 5.41) is 14.3. The molecule has 1 N–H and O–H groups in total. The maximum Gasteiger partial charge on any atom is 0.271 e. The standard InChI is InChI=1S/C26H33FN4O6S/c1-18-13-14-22(31(34)35)15-24(18)30(38(3,36)37)17-25(32)29(16-20-9-7-8-12-23(20)27)19(2)26(33)28-21-10-5-4-6-11-21/h7-9,12-15,19,21H,4-6,10-11,16-17H2,1-3H3,(H,28,33)/t19-/m0/s1. The molecule has 0 bridgehead atoms. The lowest BCUT2D eigenvalue weighted by atomic mass is 9.95. The average Bonchev–Trinajstić information content (AvgIpc) is 2.86. The van der Waals surface area contributed by atoms with Crippen molar-refractivity contribution in [1.29, 1.82) is 0 Å². The van der Waals surface area contributed by atoms with E-state index in [0.717, 1.165) is 53.6 Å². The summed E-state index contributed by atoms with van der Waals surface area (Å²) in [5.41, 5.74) is 0.198. The third kappa shape index (κ3) is 7.27. The molecule has 2 aromatic rings. The number of amides is 2. The summed E-state index contributed by atoms with van der Waals surface area (Å²) in [6.07, 6.45) is 5.62. The molecular formula is C26H33FN4O6S. The van der Waals surface area contributed by atoms with Gasteiger partial charge in [-0.25, -0.2) is 12.8 Å². The average molecular weight is 549 g/mol. The first kappa shape index (κ1) is 29.0. The van der Waals surface area contributed by atoms with Crippen LogP contribution in [-0.2, 0) is 26.2 Å². The third-order valence-corrected chi connectivity index (χ3v) is 7.90. The summed E-state index contributed by atoms with van der Waals surface area (Å²) in [6.45, 7) is 2.09. The predicted molar refractivity (Wildman–Crippen MR) is 141 cm³/mol. The molecule has 0 heterocycles. The number of sulfonamides is 1. The largest absolute Gasteiger partial charge is 0.352 e. The van der Waals surface area contributed by atoms with E-state index < -0.39 is 45.2 Å². The first-order valence-electron chi connectivity index (χ1n) is 12.4. The SMILES string of the molecule is Cc1ccc([N+](=O)[O-])cc1N(CC(=O)N(Cc1ccccc1F)[C@@H](C)C(=O)NC1CCCCC1)S(C)(=O)=O. The molecule has 10 nitrogen and oxygen atoms in total. The third-order valence-electron chi connectivity index (χ3n) is 6.77. The van der Waals surface area contributed by atoms with Crippen molar-refractivity contribution in [2.24, 2.45) is 0 Å². The zero-order valence-electron chi connectivity index (χ0n) is 21.7. The Morgan fingerprint density at radius 3 is 2.42 bits per heavy atom. The topological polar surface area (TPSA) is 130 Å². The molecule has 1 saturated carbocycles. The monoisotopic (exact) mass is 548 g/mol. The number of aryl methyl sites for hydroxylation is 1. The van der Waals surface area contributed by atoms with Crippen molar-refractivity contribution in [1.82, 2.24) is 10.2 Å². The highest BCUT2D eigenvalue weighted by molar-refractivity contribution is 7.92. The van der Waals surface area contributed by atoms with Gasteiger partial charge in [-0.2, -0.15) is 0 Å². The molecule has 1 atom stereocenters. The number of nitrogens with one attached hydrogen (secondary N) is 1. The Bertz CT molecular complexity index is 1300. The van der Waals surface area contributed by atoms with E-state index in [1.54, 1.807) is 13.0 Å². The van der Waals surface area contributed by atoms with Crippen LogP contribution in [0.25, 0.3) is 0 Å². The normalized spacial score (nSPS) is 14.9. The molecule has 1 aliphatic carbocycles. The van der Waals surface area contributed by atoms with Gasteiger partial charge in [0, 0.05) is 30.3 Å². The van der Waals surface area contributed by atoms with E-state index in [4.69, 9.17) is 0 Å². The van der Waals surface area contributed by atoms with Crippen molar-refractivity contribution in [2.75, 3.05) is 17.1 Å². The van der Waals surface area contributed by atoms with E-state index in [2.05, 4.69) is 5.32 Å². The van der Waals surface area contributed by atoms with E-state index in [0.29, 0.717) is 5.56 Å². The molecule has 1 fully saturated rings. The van der Waals surface area contributed by atoms with Gasteiger partial charge < -0.3 is 10.2 Å². The van der Waals surface area contributed by atoms with Gasteiger partial charge in [-0.1, -0.05) is 43.5 Å². The second kappa shape index (κ2) is 12.3. The zero-order chi connectivity index (χ0) is 28.0. The van der Waals surface area contributed by atoms with Crippen LogP contribution in [0, 0.1) is 22.9 Å². The van der Waals surface area contributed by atoms with E-state index in [1.807, 2.05) is 0 Å². The van der Waals surface area contributed by atoms with Gasteiger partial charge in [0.2, 0.25) is 21.8 Å². The highest BCUT2D eigenvalue weighted by Crippen LogP contribution is 2.28. The van der Waals surface area contributed by atoms with Crippen molar-refractivity contribution >= 4 is 33.2 Å². The molecule has 2 aromatic carbocycles. The Labute approximate surface area is 222 Å². The van der Waals surface area contributed by atoms with Crippen LogP contribution in [0.1, 0.15) is 50.2 Å². The van der Waals surface area contributed by atoms with Crippen molar-refractivity contribution in [3.63, 3.8) is 0 Å². The molecule has 0 radical (unpaired) electrons. The van der Waals surface area contributed by atoms with Crippen LogP contribution in [0.3, 0.4) is 0 Å². The Morgan fingerprint density at radius 1 is 1.16 bits per heavy atom. The van der Waals surface area contributed by atoms with Crippen molar-refractivity contribution in [2.45, 2.75) is 64.6 Å². The van der Waals surface area contributed by atoms with Gasteiger partial charge in [0.25, 0.3) is 5.69 Å². The molecular weight excluding hydrogens is 515 g/mol. The summed E-state index contributed by atoms with van der Waals surface area (Å²) >= 11 is 0. The molecule has 0 spiro atoms. The van der Waals surface area contributed by atoms with Gasteiger partial charge in [0.05, 0.1) is 16.9 Å². The lowest BCUT2D eigenvalue weighted by molar-refractivity contribution is -0.384. The number of carbonyl (C=O) groups is 2.